The molecule has 0 saturated carbocycles. The van der Waals surface area contributed by atoms with Crippen molar-refractivity contribution in [3.05, 3.63) is 0 Å². The van der Waals surface area contributed by atoms with Crippen molar-refractivity contribution in [2.75, 3.05) is 75.2 Å². The number of hydrogen-bond donors (Lipinski definition) is 0. The fourth-order valence-electron chi connectivity index (χ4n) is 3.81. The lowest BCUT2D eigenvalue weighted by molar-refractivity contribution is -0.158. The Bertz CT molecular complexity index is 624. The van der Waals surface area contributed by atoms with Gasteiger partial charge in [-0.1, -0.05) is 0 Å². The van der Waals surface area contributed by atoms with E-state index in [4.69, 9.17) is 49.9 Å². The van der Waals surface area contributed by atoms with Crippen molar-refractivity contribution >= 4 is 25.9 Å². The number of rotatable bonds is 23. The summed E-state index contributed by atoms with van der Waals surface area (Å²) in [5.74, 6) is -1.03. The molecule has 36 heavy (non-hydrogen) atoms. The third kappa shape index (κ3) is 11.5. The van der Waals surface area contributed by atoms with Crippen molar-refractivity contribution in [2.24, 2.45) is 0 Å². The first-order chi connectivity index (χ1) is 17.1. The minimum absolute atomic E-state index is 0.257. The third-order valence-electron chi connectivity index (χ3n) is 6.51. The Balaban J connectivity index is 1.95. The Kier molecular flexibility index (Phi) is 13.6. The molecular formula is C22H48O11Si3. The first kappa shape index (κ1) is 32.4. The van der Waals surface area contributed by atoms with Crippen LogP contribution in [0.1, 0.15) is 19.8 Å². The Morgan fingerprint density at radius 2 is 1.22 bits per heavy atom. The van der Waals surface area contributed by atoms with Crippen LogP contribution in [0.25, 0.3) is 0 Å². The molecule has 5 unspecified atom stereocenters. The zero-order valence-corrected chi connectivity index (χ0v) is 26.4. The molecule has 11 nitrogen and oxygen atoms in total. The number of ether oxygens (including phenoxy) is 5. The monoisotopic (exact) mass is 572 g/mol. The number of methoxy groups -OCH3 is 1. The van der Waals surface area contributed by atoms with E-state index in [1.165, 1.54) is 0 Å². The van der Waals surface area contributed by atoms with Crippen molar-refractivity contribution in [2.45, 2.75) is 69.0 Å². The van der Waals surface area contributed by atoms with E-state index >= 15 is 0 Å². The molecule has 0 spiro atoms. The van der Waals surface area contributed by atoms with Gasteiger partial charge >= 0.3 is 25.9 Å². The first-order valence-corrected chi connectivity index (χ1v) is 19.6. The van der Waals surface area contributed by atoms with Crippen molar-refractivity contribution in [3.63, 3.8) is 0 Å². The molecule has 2 fully saturated rings. The summed E-state index contributed by atoms with van der Waals surface area (Å²) in [4.78, 5) is 0. The van der Waals surface area contributed by atoms with Gasteiger partial charge in [-0.2, -0.15) is 0 Å². The van der Waals surface area contributed by atoms with Gasteiger partial charge in [-0.25, -0.2) is 0 Å². The van der Waals surface area contributed by atoms with E-state index in [9.17, 15) is 0 Å². The first-order valence-electron chi connectivity index (χ1n) is 12.6. The Labute approximate surface area is 220 Å². The highest BCUT2D eigenvalue weighted by molar-refractivity contribution is 6.77. The van der Waals surface area contributed by atoms with Crippen molar-refractivity contribution < 1.29 is 49.9 Å². The van der Waals surface area contributed by atoms with Gasteiger partial charge in [0.05, 0.1) is 32.5 Å². The molecule has 14 heteroatoms. The molecule has 0 bridgehead atoms. The van der Waals surface area contributed by atoms with Crippen molar-refractivity contribution in [3.8, 4) is 0 Å². The van der Waals surface area contributed by atoms with E-state index in [0.29, 0.717) is 26.4 Å². The molecule has 2 aliphatic heterocycles. The van der Waals surface area contributed by atoms with Gasteiger partial charge in [-0.3, -0.25) is 0 Å². The molecule has 0 radical (unpaired) electrons. The van der Waals surface area contributed by atoms with Crippen LogP contribution in [0, 0.1) is 0 Å². The average molecular weight is 573 g/mol. The number of epoxide rings is 2. The highest BCUT2D eigenvalue weighted by Gasteiger charge is 2.54. The third-order valence-corrected chi connectivity index (χ3v) is 16.9. The molecule has 5 atom stereocenters. The zero-order chi connectivity index (χ0) is 26.7. The van der Waals surface area contributed by atoms with Gasteiger partial charge < -0.3 is 49.9 Å². The van der Waals surface area contributed by atoms with Gasteiger partial charge in [0.25, 0.3) is 0 Å². The Morgan fingerprint density at radius 1 is 0.750 bits per heavy atom. The molecule has 2 saturated heterocycles. The second-order valence-corrected chi connectivity index (χ2v) is 19.7. The maximum absolute atomic E-state index is 6.61. The molecule has 0 aromatic rings. The average Bonchev–Trinajstić information content (AvgIpc) is 3.79. The van der Waals surface area contributed by atoms with Gasteiger partial charge in [0.1, 0.15) is 12.2 Å². The van der Waals surface area contributed by atoms with Crippen molar-refractivity contribution in [1.29, 1.82) is 0 Å². The summed E-state index contributed by atoms with van der Waals surface area (Å²) in [7, 11) is -0.300. The molecule has 2 aliphatic rings. The summed E-state index contributed by atoms with van der Waals surface area (Å²) >= 11 is 0. The van der Waals surface area contributed by atoms with Gasteiger partial charge in [0.2, 0.25) is 0 Å². The molecule has 0 amide bonds. The standard InChI is InChI=1S/C22H48O11Si3/c1-22(23-2,32-34(7,24-3)13-9-11-28-15-20-17-30-20)19-36(26-5,27-6)33-35(8,25-4)14-10-12-29-16-21-18-31-21/h20-21H,9-19H2,1-8H3. The van der Waals surface area contributed by atoms with Crippen LogP contribution < -0.4 is 0 Å². The van der Waals surface area contributed by atoms with E-state index in [1.807, 2.05) is 20.0 Å². The van der Waals surface area contributed by atoms with E-state index in [-0.39, 0.29) is 18.3 Å². The van der Waals surface area contributed by atoms with Gasteiger partial charge in [0.15, 0.2) is 5.79 Å². The van der Waals surface area contributed by atoms with Gasteiger partial charge in [-0.15, -0.1) is 0 Å². The summed E-state index contributed by atoms with van der Waals surface area (Å²) < 4.78 is 64.4. The van der Waals surface area contributed by atoms with Crippen molar-refractivity contribution in [1.82, 2.24) is 0 Å². The minimum atomic E-state index is -3.24. The second kappa shape index (κ2) is 15.1. The van der Waals surface area contributed by atoms with Crippen LogP contribution in [-0.4, -0.2) is 119 Å². The van der Waals surface area contributed by atoms with Crippen LogP contribution >= 0.6 is 0 Å². The summed E-state index contributed by atoms with van der Waals surface area (Å²) in [6, 6.07) is 1.77. The number of hydrogen-bond acceptors (Lipinski definition) is 11. The van der Waals surface area contributed by atoms with Crippen LogP contribution in [-0.2, 0) is 49.9 Å². The van der Waals surface area contributed by atoms with Crippen LogP contribution in [0.5, 0.6) is 0 Å². The smallest absolute Gasteiger partial charge is 0.398 e. The summed E-state index contributed by atoms with van der Waals surface area (Å²) in [6.45, 7) is 10.0. The van der Waals surface area contributed by atoms with Crippen LogP contribution in [0.4, 0.5) is 0 Å². The Hall–Kier alpha value is 0.211. The van der Waals surface area contributed by atoms with Gasteiger partial charge in [0, 0.05) is 48.8 Å². The molecule has 0 N–H and O–H groups in total. The highest BCUT2D eigenvalue weighted by Crippen LogP contribution is 2.34. The predicted octanol–water partition coefficient (Wildman–Crippen LogP) is 2.66. The summed E-state index contributed by atoms with van der Waals surface area (Å²) in [5.41, 5.74) is 0. The molecule has 214 valence electrons. The molecule has 0 aromatic heterocycles. The van der Waals surface area contributed by atoms with Crippen LogP contribution in [0.3, 0.4) is 0 Å². The second-order valence-electron chi connectivity index (χ2n) is 9.75. The highest BCUT2D eigenvalue weighted by atomic mass is 28.5. The van der Waals surface area contributed by atoms with E-state index < -0.39 is 31.7 Å². The molecule has 0 aliphatic carbocycles. The topological polar surface area (TPSA) is 108 Å². The Morgan fingerprint density at radius 3 is 1.61 bits per heavy atom. The predicted molar refractivity (Wildman–Crippen MR) is 139 cm³/mol. The lowest BCUT2D eigenvalue weighted by atomic mass is 10.4. The summed E-state index contributed by atoms with van der Waals surface area (Å²) in [6.07, 6.45) is 2.15. The molecule has 2 rings (SSSR count). The normalized spacial score (nSPS) is 24.7. The minimum Gasteiger partial charge on any atom is -0.398 e. The molecule has 2 heterocycles. The quantitative estimate of drug-likeness (QED) is 0.0780. The largest absolute Gasteiger partial charge is 0.496 e. The summed E-state index contributed by atoms with van der Waals surface area (Å²) in [5, 5.41) is 0. The van der Waals surface area contributed by atoms with Gasteiger partial charge in [-0.05, 0) is 44.9 Å². The van der Waals surface area contributed by atoms with Crippen LogP contribution in [0.15, 0.2) is 0 Å². The van der Waals surface area contributed by atoms with E-state index in [0.717, 1.165) is 38.1 Å². The molecular weight excluding hydrogens is 524 g/mol. The van der Waals surface area contributed by atoms with Crippen LogP contribution in [0.2, 0.25) is 31.2 Å². The maximum Gasteiger partial charge on any atom is 0.496 e. The fraction of sp³-hybridized carbons (Fsp3) is 1.00. The lowest BCUT2D eigenvalue weighted by Gasteiger charge is -2.42. The maximum atomic E-state index is 6.61. The fourth-order valence-corrected chi connectivity index (χ4v) is 13.0. The zero-order valence-electron chi connectivity index (χ0n) is 23.4. The lowest BCUT2D eigenvalue weighted by Crippen LogP contribution is -2.59. The molecule has 0 aromatic carbocycles. The SMILES string of the molecule is COC(C)(C[Si](OC)(OC)O[Si](C)(CCCOCC1CO1)OC)O[Si](C)(CCCOCC1CO1)OC. The van der Waals surface area contributed by atoms with E-state index in [1.54, 1.807) is 35.5 Å². The van der Waals surface area contributed by atoms with E-state index in [2.05, 4.69) is 0 Å².